The first-order chi connectivity index (χ1) is 10.7. The molecule has 0 aliphatic carbocycles. The van der Waals surface area contributed by atoms with E-state index in [1.54, 1.807) is 0 Å². The monoisotopic (exact) mass is 356 g/mol. The minimum atomic E-state index is -1.01. The van der Waals surface area contributed by atoms with Gasteiger partial charge in [0.25, 0.3) is 0 Å². The van der Waals surface area contributed by atoms with Crippen molar-refractivity contribution >= 4 is 11.8 Å². The van der Waals surface area contributed by atoms with Gasteiger partial charge in [0.05, 0.1) is 19.6 Å². The van der Waals surface area contributed by atoms with E-state index in [0.717, 1.165) is 4.90 Å². The number of nitrogens with zero attached hydrogens (tertiary/aromatic N) is 1. The first kappa shape index (κ1) is 28.6. The van der Waals surface area contributed by atoms with Crippen molar-refractivity contribution in [2.75, 3.05) is 19.8 Å². The number of imide groups is 1. The van der Waals surface area contributed by atoms with Crippen molar-refractivity contribution < 1.29 is 55.4 Å². The molecule has 1 aliphatic heterocycles. The van der Waals surface area contributed by atoms with Gasteiger partial charge >= 0.3 is 0 Å². The van der Waals surface area contributed by atoms with E-state index in [0.29, 0.717) is 13.2 Å². The highest BCUT2D eigenvalue weighted by Gasteiger charge is 2.38. The molecule has 0 radical (unpaired) electrons. The van der Waals surface area contributed by atoms with Crippen molar-refractivity contribution in [3.63, 3.8) is 0 Å². The molecule has 14 heteroatoms. The van der Waals surface area contributed by atoms with Crippen LogP contribution in [-0.2, 0) is 14.3 Å². The number of likely N-dealkylation sites (tertiary alicyclic amines) is 1. The van der Waals surface area contributed by atoms with Crippen LogP contribution >= 0.6 is 0 Å². The number of carbonyl (C=O) groups excluding carboxylic acids is 2. The summed E-state index contributed by atoms with van der Waals surface area (Å²) >= 11 is 0. The Balaban J connectivity index is -0.000000175. The fraction of sp³-hybridized carbons (Fsp3) is 0.750. The third-order valence-corrected chi connectivity index (χ3v) is 2.04. The van der Waals surface area contributed by atoms with Crippen LogP contribution in [0.4, 0.5) is 41.1 Å². The second-order valence-electron chi connectivity index (χ2n) is 2.95. The maximum Gasteiger partial charge on any atom is 0.249 e. The molecule has 1 saturated heterocycles. The van der Waals surface area contributed by atoms with E-state index < -0.39 is 11.9 Å². The van der Waals surface area contributed by atoms with Crippen LogP contribution in [0.25, 0.3) is 0 Å². The van der Waals surface area contributed by atoms with Crippen molar-refractivity contribution in [2.45, 2.75) is 19.4 Å². The van der Waals surface area contributed by atoms with Gasteiger partial charge in [-0.3, -0.25) is 14.5 Å². The Bertz CT molecular complexity index is 251. The topological polar surface area (TPSA) is 58.6 Å². The van der Waals surface area contributed by atoms with Crippen LogP contribution in [0, 0.1) is 0 Å². The number of amides is 2. The summed E-state index contributed by atoms with van der Waals surface area (Å²) in [6, 6.07) is -1.01. The largest absolute Gasteiger partial charge is 0.380 e. The zero-order chi connectivity index (χ0) is 18.6. The van der Waals surface area contributed by atoms with Gasteiger partial charge in [0.2, 0.25) is 11.8 Å². The summed E-state index contributed by atoms with van der Waals surface area (Å²) in [5.41, 5.74) is 1.31. The average molecular weight is 356 g/mol. The Morgan fingerprint density at radius 2 is 1.55 bits per heavy atom. The van der Waals surface area contributed by atoms with Gasteiger partial charge in [-0.15, -0.1) is 10.0 Å². The molecule has 2 amide bonds. The fourth-order valence-electron chi connectivity index (χ4n) is 1.30. The molecule has 1 heterocycles. The zero-order valence-electron chi connectivity index (χ0n) is 11.0. The minimum absolute atomic E-state index is 0.110. The molecule has 1 aliphatic rings. The highest BCUT2D eigenvalue weighted by Crippen LogP contribution is 2.12. The lowest BCUT2D eigenvalue weighted by Gasteiger charge is -2.13. The first-order valence-electron chi connectivity index (χ1n) is 5.06. The van der Waals surface area contributed by atoms with Gasteiger partial charge in [-0.05, 0) is 6.92 Å². The summed E-state index contributed by atoms with van der Waals surface area (Å²) < 4.78 is 81.0. The van der Waals surface area contributed by atoms with Crippen molar-refractivity contribution in [1.82, 2.24) is 10.4 Å². The molecule has 1 fully saturated rings. The van der Waals surface area contributed by atoms with Crippen LogP contribution in [0.3, 0.4) is 0 Å². The molecule has 0 spiro atoms. The number of ether oxygens (including phenoxy) is 1. The van der Waals surface area contributed by atoms with Gasteiger partial charge < -0.3 is 4.74 Å². The maximum absolute atomic E-state index is 12.0. The van der Waals surface area contributed by atoms with Gasteiger partial charge in [0.15, 0.2) is 0 Å². The van der Waals surface area contributed by atoms with Crippen LogP contribution in [0.5, 0.6) is 0 Å². The van der Waals surface area contributed by atoms with Gasteiger partial charge in [-0.2, -0.15) is 0 Å². The van der Waals surface area contributed by atoms with Crippen LogP contribution in [0.2, 0.25) is 0 Å². The van der Waals surface area contributed by atoms with Gasteiger partial charge in [-0.1, -0.05) is 0 Å². The molecular weight excluding hydrogens is 343 g/mol. The number of nitrogens with one attached hydrogen (secondary N) is 1. The van der Waals surface area contributed by atoms with E-state index in [1.165, 1.54) is 5.54 Å². The van der Waals surface area contributed by atoms with Crippen LogP contribution < -0.4 is 5.54 Å². The third kappa shape index (κ3) is 12.2. The van der Waals surface area contributed by atoms with Crippen molar-refractivity contribution in [1.29, 1.82) is 0 Å². The molecule has 1 rings (SSSR count). The predicted octanol–water partition coefficient (Wildman–Crippen LogP) is 2.99. The molecule has 1 unspecified atom stereocenters. The lowest BCUT2D eigenvalue weighted by atomic mass is 10.3. The molecule has 0 aromatic heterocycles. The lowest BCUT2D eigenvalue weighted by molar-refractivity contribution is -0.140. The lowest BCUT2D eigenvalue weighted by Crippen LogP contribution is -2.37. The molecule has 1 atom stereocenters. The van der Waals surface area contributed by atoms with Crippen LogP contribution in [-0.4, -0.2) is 42.5 Å². The van der Waals surface area contributed by atoms with Crippen LogP contribution in [0.1, 0.15) is 13.3 Å². The Hall–Kier alpha value is -1.57. The molecule has 1 N–H and O–H groups in total. The van der Waals surface area contributed by atoms with Gasteiger partial charge in [-0.25, -0.2) is 0 Å². The molecule has 22 heavy (non-hydrogen) atoms. The first-order valence-corrected chi connectivity index (χ1v) is 5.06. The molecule has 0 aromatic rings. The van der Waals surface area contributed by atoms with Crippen molar-refractivity contribution in [3.8, 4) is 0 Å². The van der Waals surface area contributed by atoms with E-state index in [9.17, 15) is 14.1 Å². The summed E-state index contributed by atoms with van der Waals surface area (Å²) in [6.45, 7) is 2.84. The molecule has 136 valence electrons. The highest BCUT2D eigenvalue weighted by molar-refractivity contribution is 6.05. The average Bonchev–Trinajstić information content (AvgIpc) is 2.89. The SMILES string of the molecule is CCOCCN1C(=O)CC(NF)C1=O.FF.FF.FF.FF. The van der Waals surface area contributed by atoms with E-state index in [2.05, 4.69) is 0 Å². The normalized spacial score (nSPS) is 15.2. The second kappa shape index (κ2) is 24.4. The van der Waals surface area contributed by atoms with Gasteiger partial charge in [0, 0.05) is 43.2 Å². The number of hydrogen-bond acceptors (Lipinski definition) is 4. The highest BCUT2D eigenvalue weighted by atomic mass is 20.0. The van der Waals surface area contributed by atoms with Crippen molar-refractivity contribution in [3.05, 3.63) is 0 Å². The molecule has 5 nitrogen and oxygen atoms in total. The zero-order valence-corrected chi connectivity index (χ0v) is 11.0. The smallest absolute Gasteiger partial charge is 0.249 e. The summed E-state index contributed by atoms with van der Waals surface area (Å²) in [7, 11) is 0. The summed E-state index contributed by atoms with van der Waals surface area (Å²) in [5.74, 6) is -0.873. The second-order valence-corrected chi connectivity index (χ2v) is 2.95. The van der Waals surface area contributed by atoms with E-state index in [-0.39, 0.29) is 18.9 Å². The number of halogens is 9. The van der Waals surface area contributed by atoms with E-state index in [4.69, 9.17) is 41.3 Å². The fourth-order valence-corrected chi connectivity index (χ4v) is 1.30. The Morgan fingerprint density at radius 1 is 1.09 bits per heavy atom. The Kier molecular flexibility index (Phi) is 31.8. The summed E-state index contributed by atoms with van der Waals surface area (Å²) in [6.07, 6.45) is -0.110. The van der Waals surface area contributed by atoms with E-state index >= 15 is 0 Å². The van der Waals surface area contributed by atoms with Crippen LogP contribution in [0.15, 0.2) is 0 Å². The number of carbonyl (C=O) groups is 2. The number of rotatable bonds is 5. The third-order valence-electron chi connectivity index (χ3n) is 2.04. The Labute approximate surface area is 118 Å². The molecule has 0 saturated carbocycles. The van der Waals surface area contributed by atoms with Crippen molar-refractivity contribution in [2.24, 2.45) is 0 Å². The molecular formula is C8H13F9N2O3. The predicted molar refractivity (Wildman–Crippen MR) is 54.7 cm³/mol. The minimum Gasteiger partial charge on any atom is -0.380 e. The van der Waals surface area contributed by atoms with E-state index in [1.807, 2.05) is 6.92 Å². The standard InChI is InChI=1S/C8H13FN2O3.4F2/c1-2-14-4-3-11-7(12)5-6(10-9)8(11)13;4*1-2/h6,10H,2-5H2,1H3;;;;. The molecule has 0 aromatic carbocycles. The summed E-state index contributed by atoms with van der Waals surface area (Å²) in [5, 5.41) is 0. The number of hydrogen-bond donors (Lipinski definition) is 1. The maximum atomic E-state index is 12.0. The quantitative estimate of drug-likeness (QED) is 0.356. The van der Waals surface area contributed by atoms with Gasteiger partial charge in [0.1, 0.15) is 6.04 Å². The molecule has 0 bridgehead atoms. The summed E-state index contributed by atoms with van der Waals surface area (Å²) in [4.78, 5) is 23.5. The Morgan fingerprint density at radius 3 is 1.86 bits per heavy atom.